The van der Waals surface area contributed by atoms with Crippen molar-refractivity contribution in [2.75, 3.05) is 72.6 Å². The minimum atomic E-state index is -1.22. The topological polar surface area (TPSA) is 86.8 Å². The molecular formula is C33H50FN5O5. The molecule has 11 heteroatoms. The van der Waals surface area contributed by atoms with Gasteiger partial charge in [-0.25, -0.2) is 4.39 Å². The van der Waals surface area contributed by atoms with Crippen LogP contribution in [0.25, 0.3) is 0 Å². The van der Waals surface area contributed by atoms with Crippen LogP contribution in [0.1, 0.15) is 44.9 Å². The summed E-state index contributed by atoms with van der Waals surface area (Å²) < 4.78 is 35.4. The number of piperazine rings is 1. The SMILES string of the molecule is CN1CCN(C(=O)C2=CN3C4CC5OC6CCCCC6C5CC4OC4C(NCCN5CCOCC5)C(F)CC(C2=O)C43)CC1. The number of nitrogens with zero attached hydrogens (tertiary/aromatic N) is 4. The van der Waals surface area contributed by atoms with Crippen LogP contribution in [0.4, 0.5) is 4.39 Å². The number of hydrogen-bond donors (Lipinski definition) is 1. The fraction of sp³-hybridized carbons (Fsp3) is 0.879. The monoisotopic (exact) mass is 615 g/mol. The van der Waals surface area contributed by atoms with Gasteiger partial charge in [-0.1, -0.05) is 12.8 Å². The Morgan fingerprint density at radius 2 is 1.75 bits per heavy atom. The zero-order valence-corrected chi connectivity index (χ0v) is 26.2. The molecule has 10 nitrogen and oxygen atoms in total. The molecule has 1 N–H and O–H groups in total. The van der Waals surface area contributed by atoms with Gasteiger partial charge < -0.3 is 34.2 Å². The summed E-state index contributed by atoms with van der Waals surface area (Å²) in [7, 11) is 2.05. The Bertz CT molecular complexity index is 1130. The minimum absolute atomic E-state index is 0.0219. The summed E-state index contributed by atoms with van der Waals surface area (Å²) in [5.74, 6) is 0.0645. The smallest absolute Gasteiger partial charge is 0.259 e. The Kier molecular flexibility index (Phi) is 8.24. The highest BCUT2D eigenvalue weighted by Crippen LogP contribution is 2.52. The Hall–Kier alpha value is -1.63. The van der Waals surface area contributed by atoms with Crippen molar-refractivity contribution in [3.8, 4) is 0 Å². The molecule has 8 rings (SSSR count). The van der Waals surface area contributed by atoms with E-state index < -0.39 is 24.2 Å². The van der Waals surface area contributed by atoms with Crippen molar-refractivity contribution in [2.45, 2.75) is 93.7 Å². The van der Waals surface area contributed by atoms with Gasteiger partial charge in [0.25, 0.3) is 5.91 Å². The van der Waals surface area contributed by atoms with Crippen LogP contribution in [0.2, 0.25) is 0 Å². The quantitative estimate of drug-likeness (QED) is 0.457. The molecule has 5 heterocycles. The minimum Gasteiger partial charge on any atom is -0.379 e. The average Bonchev–Trinajstić information content (AvgIpc) is 3.40. The second kappa shape index (κ2) is 12.2. The first-order chi connectivity index (χ1) is 21.5. The van der Waals surface area contributed by atoms with Crippen LogP contribution >= 0.6 is 0 Å². The van der Waals surface area contributed by atoms with E-state index in [1.54, 1.807) is 0 Å². The predicted molar refractivity (Wildman–Crippen MR) is 161 cm³/mol. The third-order valence-corrected chi connectivity index (χ3v) is 12.4. The normalized spacial score (nSPS) is 44.4. The number of fused-ring (bicyclic) bond motifs is 5. The lowest BCUT2D eigenvalue weighted by molar-refractivity contribution is -0.209. The fourth-order valence-electron chi connectivity index (χ4n) is 10.0. The number of ketones is 1. The number of hydrogen-bond acceptors (Lipinski definition) is 9. The molecular weight excluding hydrogens is 565 g/mol. The molecule has 44 heavy (non-hydrogen) atoms. The highest BCUT2D eigenvalue weighted by Gasteiger charge is 2.61. The number of rotatable bonds is 5. The van der Waals surface area contributed by atoms with E-state index in [1.807, 2.05) is 11.1 Å². The summed E-state index contributed by atoms with van der Waals surface area (Å²) in [4.78, 5) is 36.6. The molecule has 0 aromatic heterocycles. The number of halogens is 1. The maximum atomic E-state index is 16.2. The van der Waals surface area contributed by atoms with Gasteiger partial charge in [-0.05, 0) is 51.0 Å². The van der Waals surface area contributed by atoms with Crippen LogP contribution in [0.15, 0.2) is 11.8 Å². The number of morpholine rings is 2. The Labute approximate surface area is 260 Å². The van der Waals surface area contributed by atoms with Crippen molar-refractivity contribution in [3.63, 3.8) is 0 Å². The van der Waals surface area contributed by atoms with Gasteiger partial charge in [-0.15, -0.1) is 0 Å². The summed E-state index contributed by atoms with van der Waals surface area (Å²) in [5, 5.41) is 3.55. The van der Waals surface area contributed by atoms with Crippen LogP contribution in [-0.2, 0) is 23.8 Å². The molecule has 3 aliphatic carbocycles. The largest absolute Gasteiger partial charge is 0.379 e. The lowest BCUT2D eigenvalue weighted by atomic mass is 9.67. The molecule has 3 saturated carbocycles. The maximum Gasteiger partial charge on any atom is 0.259 e. The summed E-state index contributed by atoms with van der Waals surface area (Å²) >= 11 is 0. The third-order valence-electron chi connectivity index (χ3n) is 12.4. The number of amides is 1. The van der Waals surface area contributed by atoms with Crippen molar-refractivity contribution >= 4 is 11.7 Å². The van der Waals surface area contributed by atoms with Crippen molar-refractivity contribution in [3.05, 3.63) is 11.8 Å². The van der Waals surface area contributed by atoms with Gasteiger partial charge in [0.15, 0.2) is 5.78 Å². The molecule has 0 spiro atoms. The van der Waals surface area contributed by atoms with Crippen LogP contribution in [0.3, 0.4) is 0 Å². The first kappa shape index (κ1) is 29.8. The molecule has 0 aromatic rings. The van der Waals surface area contributed by atoms with Crippen LogP contribution in [0, 0.1) is 17.8 Å². The molecule has 244 valence electrons. The molecule has 0 aromatic carbocycles. The van der Waals surface area contributed by atoms with E-state index in [0.717, 1.165) is 65.2 Å². The standard InChI is InChI=1S/C33H50FN5O5/c1-36-8-10-38(11-9-36)33(41)23-19-39-25-18-27-21(20-4-2-3-5-26(20)43-27)17-28(25)44-32-29(24(34)16-22(30(32)39)31(23)40)35-6-7-37-12-14-42-15-13-37/h19-22,24-30,32,35H,2-18H2,1H3. The summed E-state index contributed by atoms with van der Waals surface area (Å²) in [6.07, 6.45) is 7.39. The van der Waals surface area contributed by atoms with E-state index in [4.69, 9.17) is 14.2 Å². The number of ether oxygens (including phenoxy) is 3. The molecule has 1 amide bonds. The van der Waals surface area contributed by atoms with Gasteiger partial charge in [0.05, 0.1) is 61.3 Å². The summed E-state index contributed by atoms with van der Waals surface area (Å²) in [5.41, 5.74) is 0.240. The molecule has 0 radical (unpaired) electrons. The van der Waals surface area contributed by atoms with E-state index >= 15 is 4.39 Å². The van der Waals surface area contributed by atoms with Crippen molar-refractivity contribution < 1.29 is 28.2 Å². The lowest BCUT2D eigenvalue weighted by Gasteiger charge is -2.60. The number of nitrogens with one attached hydrogen (secondary N) is 1. The lowest BCUT2D eigenvalue weighted by Crippen LogP contribution is -2.73. The van der Waals surface area contributed by atoms with E-state index in [1.165, 1.54) is 19.3 Å². The van der Waals surface area contributed by atoms with Gasteiger partial charge in [0.2, 0.25) is 0 Å². The summed E-state index contributed by atoms with van der Waals surface area (Å²) in [6, 6.07) is -0.744. The number of carbonyl (C=O) groups excluding carboxylic acids is 2. The van der Waals surface area contributed by atoms with Crippen molar-refractivity contribution in [1.82, 2.24) is 24.9 Å². The first-order valence-electron chi connectivity index (χ1n) is 17.5. The van der Waals surface area contributed by atoms with Crippen LogP contribution < -0.4 is 5.32 Å². The zero-order chi connectivity index (χ0) is 29.9. The Morgan fingerprint density at radius 3 is 2.57 bits per heavy atom. The fourth-order valence-corrected chi connectivity index (χ4v) is 10.0. The van der Waals surface area contributed by atoms with E-state index in [2.05, 4.69) is 27.1 Å². The van der Waals surface area contributed by atoms with Crippen molar-refractivity contribution in [2.24, 2.45) is 17.8 Å². The second-order valence-corrected chi connectivity index (χ2v) is 14.7. The maximum absolute atomic E-state index is 16.2. The Morgan fingerprint density at radius 1 is 0.955 bits per heavy atom. The van der Waals surface area contributed by atoms with Gasteiger partial charge in [0.1, 0.15) is 6.17 Å². The van der Waals surface area contributed by atoms with Crippen molar-refractivity contribution in [1.29, 1.82) is 0 Å². The van der Waals surface area contributed by atoms with Crippen LogP contribution in [0.5, 0.6) is 0 Å². The van der Waals surface area contributed by atoms with E-state index in [0.29, 0.717) is 37.6 Å². The number of likely N-dealkylation sites (N-methyl/N-ethyl adjacent to an activating group) is 1. The predicted octanol–water partition coefficient (Wildman–Crippen LogP) is 1.05. The number of alkyl halides is 1. The zero-order valence-electron chi connectivity index (χ0n) is 26.2. The molecule has 11 atom stereocenters. The second-order valence-electron chi connectivity index (χ2n) is 14.7. The van der Waals surface area contributed by atoms with Crippen LogP contribution in [-0.4, -0.2) is 153 Å². The van der Waals surface area contributed by atoms with Gasteiger partial charge in [-0.2, -0.15) is 0 Å². The molecule has 8 aliphatic rings. The highest BCUT2D eigenvalue weighted by molar-refractivity contribution is 6.20. The Balaban J connectivity index is 1.08. The van der Waals surface area contributed by atoms with E-state index in [-0.39, 0.29) is 48.0 Å². The van der Waals surface area contributed by atoms with E-state index in [9.17, 15) is 9.59 Å². The number of carbonyl (C=O) groups is 2. The molecule has 4 saturated heterocycles. The van der Waals surface area contributed by atoms with Gasteiger partial charge >= 0.3 is 0 Å². The molecule has 11 unspecified atom stereocenters. The average molecular weight is 616 g/mol. The molecule has 5 aliphatic heterocycles. The highest BCUT2D eigenvalue weighted by atomic mass is 19.1. The first-order valence-corrected chi connectivity index (χ1v) is 17.5. The van der Waals surface area contributed by atoms with Gasteiger partial charge in [0, 0.05) is 64.5 Å². The number of Topliss-reactive ketones (excluding diaryl/α,β-unsaturated/α-hetero) is 1. The van der Waals surface area contributed by atoms with Gasteiger partial charge in [-0.3, -0.25) is 14.5 Å². The molecule has 0 bridgehead atoms. The summed E-state index contributed by atoms with van der Waals surface area (Å²) in [6.45, 7) is 7.53. The molecule has 7 fully saturated rings. The third kappa shape index (κ3) is 5.23.